The molecule has 0 amide bonds. The van der Waals surface area contributed by atoms with E-state index in [1.54, 1.807) is 83.1 Å². The van der Waals surface area contributed by atoms with Gasteiger partial charge in [-0.1, -0.05) is 237 Å². The quantitative estimate of drug-likeness (QED) is 0.0989. The van der Waals surface area contributed by atoms with Gasteiger partial charge in [-0.25, -0.2) is 0 Å². The summed E-state index contributed by atoms with van der Waals surface area (Å²) in [6.07, 6.45) is 17.6. The van der Waals surface area contributed by atoms with Gasteiger partial charge in [0.15, 0.2) is 0 Å². The smallest absolute Gasteiger partial charge is 0.850 e. The van der Waals surface area contributed by atoms with Gasteiger partial charge < -0.3 is 30.6 Å². The van der Waals surface area contributed by atoms with E-state index in [1.807, 2.05) is 0 Å². The SMILES string of the molecule is CCC(CCCCCC(C)(C)[O-])C(C)(C)[O-].CCC(CCCCCC(C)(C)[O-])C(C)(C)[O-].CCC(CCCCCC(C)(C)[O-])C(C)(C)[O-].[Y+3].[Y+3]. The fourth-order valence-corrected chi connectivity index (χ4v) is 6.48. The van der Waals surface area contributed by atoms with E-state index in [4.69, 9.17) is 0 Å². The Kier molecular flexibility index (Phi) is 36.9. The third-order valence-corrected chi connectivity index (χ3v) is 9.92. The Labute approximate surface area is 363 Å². The van der Waals surface area contributed by atoms with Crippen LogP contribution in [-0.2, 0) is 65.4 Å². The van der Waals surface area contributed by atoms with Crippen LogP contribution in [-0.4, -0.2) is 33.6 Å². The zero-order valence-corrected chi connectivity index (χ0v) is 41.7. The van der Waals surface area contributed by atoms with Crippen LogP contribution in [0.3, 0.4) is 0 Å². The van der Waals surface area contributed by atoms with Gasteiger partial charge in [-0.3, -0.25) is 0 Å². The van der Waals surface area contributed by atoms with E-state index < -0.39 is 33.6 Å². The van der Waals surface area contributed by atoms with Crippen molar-refractivity contribution in [3.63, 3.8) is 0 Å². The van der Waals surface area contributed by atoms with Gasteiger partial charge in [-0.2, -0.15) is 0 Å². The molecule has 0 fully saturated rings. The van der Waals surface area contributed by atoms with Crippen molar-refractivity contribution in [1.29, 1.82) is 0 Å². The zero-order chi connectivity index (χ0) is 38.5. The van der Waals surface area contributed by atoms with Crippen LogP contribution in [0.1, 0.15) is 219 Å². The molecule has 0 heterocycles. The fourth-order valence-electron chi connectivity index (χ4n) is 6.48. The van der Waals surface area contributed by atoms with Gasteiger partial charge in [0.25, 0.3) is 0 Å². The van der Waals surface area contributed by atoms with Crippen molar-refractivity contribution in [1.82, 2.24) is 0 Å². The number of rotatable bonds is 24. The van der Waals surface area contributed by atoms with E-state index in [0.717, 1.165) is 116 Å². The van der Waals surface area contributed by atoms with Gasteiger partial charge in [0.1, 0.15) is 0 Å². The predicted molar refractivity (Wildman–Crippen MR) is 195 cm³/mol. The van der Waals surface area contributed by atoms with E-state index in [9.17, 15) is 30.6 Å². The average molecular weight is 863 g/mol. The summed E-state index contributed by atoms with van der Waals surface area (Å²) in [6.45, 7) is 27.4. The van der Waals surface area contributed by atoms with E-state index >= 15 is 0 Å². The first kappa shape index (κ1) is 61.2. The summed E-state index contributed by atoms with van der Waals surface area (Å²) < 4.78 is 0. The molecule has 0 N–H and O–H groups in total. The molecule has 0 aliphatic carbocycles. The molecule has 50 heavy (non-hydrogen) atoms. The van der Waals surface area contributed by atoms with E-state index in [-0.39, 0.29) is 83.2 Å². The number of hydrogen-bond donors (Lipinski definition) is 0. The minimum Gasteiger partial charge on any atom is -0.850 e. The zero-order valence-electron chi connectivity index (χ0n) is 36.1. The molecule has 0 radical (unpaired) electrons. The normalized spacial score (nSPS) is 14.6. The molecule has 0 saturated carbocycles. The molecule has 3 atom stereocenters. The molecule has 0 aromatic heterocycles. The van der Waals surface area contributed by atoms with E-state index in [0.29, 0.717) is 0 Å². The maximum atomic E-state index is 11.8. The van der Waals surface area contributed by atoms with Crippen LogP contribution in [0.4, 0.5) is 0 Å². The maximum absolute atomic E-state index is 11.8. The van der Waals surface area contributed by atoms with Gasteiger partial charge in [-0.05, 0) is 0 Å². The van der Waals surface area contributed by atoms with Gasteiger partial charge in [0, 0.05) is 0 Å². The fraction of sp³-hybridized carbons (Fsp3) is 1.00. The number of hydrogen-bond acceptors (Lipinski definition) is 6. The molecule has 8 heteroatoms. The van der Waals surface area contributed by atoms with Crippen LogP contribution in [0.25, 0.3) is 0 Å². The summed E-state index contributed by atoms with van der Waals surface area (Å²) in [7, 11) is 0. The molecule has 0 aromatic rings. The first-order valence-corrected chi connectivity index (χ1v) is 19.7. The van der Waals surface area contributed by atoms with E-state index in [2.05, 4.69) is 20.8 Å². The second-order valence-electron chi connectivity index (χ2n) is 18.2. The maximum Gasteiger partial charge on any atom is 3.00 e. The van der Waals surface area contributed by atoms with Crippen molar-refractivity contribution < 1.29 is 96.1 Å². The largest absolute Gasteiger partial charge is 3.00 e. The Morgan fingerprint density at radius 1 is 0.320 bits per heavy atom. The van der Waals surface area contributed by atoms with Crippen LogP contribution in [0.5, 0.6) is 0 Å². The standard InChI is InChI=1S/3C14H28O2.2Y/c3*1-6-12(14(4,5)16)10-8-7-9-11-13(2,3)15;;/h3*12H,6-11H2,1-5H3;;/q3*-2;2*+3. The van der Waals surface area contributed by atoms with Crippen LogP contribution in [0.2, 0.25) is 0 Å². The van der Waals surface area contributed by atoms with Gasteiger partial charge in [0.2, 0.25) is 0 Å². The predicted octanol–water partition coefficient (Wildman–Crippen LogP) is 6.72. The van der Waals surface area contributed by atoms with E-state index in [1.165, 1.54) is 0 Å². The second-order valence-corrected chi connectivity index (χ2v) is 18.2. The van der Waals surface area contributed by atoms with Crippen molar-refractivity contribution in [2.24, 2.45) is 17.8 Å². The topological polar surface area (TPSA) is 138 Å². The van der Waals surface area contributed by atoms with Crippen molar-refractivity contribution in [2.45, 2.75) is 253 Å². The van der Waals surface area contributed by atoms with Crippen LogP contribution < -0.4 is 30.6 Å². The molecule has 3 unspecified atom stereocenters. The molecule has 294 valence electrons. The Bertz CT molecular complexity index is 634. The summed E-state index contributed by atoms with van der Waals surface area (Å²) in [5, 5.41) is 69.5. The molecular formula is C42H84O6Y2. The molecular weight excluding hydrogens is 778 g/mol. The summed E-state index contributed by atoms with van der Waals surface area (Å²) in [4.78, 5) is 0. The van der Waals surface area contributed by atoms with Gasteiger partial charge >= 0.3 is 65.4 Å². The Hall–Kier alpha value is 1.97. The van der Waals surface area contributed by atoms with Crippen LogP contribution >= 0.6 is 0 Å². The Balaban J connectivity index is -0.000000199. The minimum absolute atomic E-state index is 0. The van der Waals surface area contributed by atoms with Crippen molar-refractivity contribution in [2.75, 3.05) is 0 Å². The Morgan fingerprint density at radius 3 is 0.620 bits per heavy atom. The first-order valence-electron chi connectivity index (χ1n) is 19.7. The van der Waals surface area contributed by atoms with Gasteiger partial charge in [-0.15, -0.1) is 33.6 Å². The summed E-state index contributed by atoms with van der Waals surface area (Å²) in [5.74, 6) is 0.813. The van der Waals surface area contributed by atoms with Crippen molar-refractivity contribution in [3.8, 4) is 0 Å². The number of unbranched alkanes of at least 4 members (excludes halogenated alkanes) is 6. The monoisotopic (exact) mass is 862 g/mol. The molecule has 0 spiro atoms. The molecule has 6 nitrogen and oxygen atoms in total. The molecule has 0 aromatic carbocycles. The molecule has 0 aliphatic rings. The molecule has 0 bridgehead atoms. The summed E-state index contributed by atoms with van der Waals surface area (Å²) in [6, 6.07) is 0. The minimum atomic E-state index is -0.813. The third kappa shape index (κ3) is 42.7. The summed E-state index contributed by atoms with van der Waals surface area (Å²) >= 11 is 0. The summed E-state index contributed by atoms with van der Waals surface area (Å²) in [5.41, 5.74) is -4.81. The van der Waals surface area contributed by atoms with Crippen LogP contribution in [0.15, 0.2) is 0 Å². The van der Waals surface area contributed by atoms with Crippen molar-refractivity contribution >= 4 is 0 Å². The van der Waals surface area contributed by atoms with Crippen molar-refractivity contribution in [3.05, 3.63) is 0 Å². The van der Waals surface area contributed by atoms with Gasteiger partial charge in [0.05, 0.1) is 0 Å². The second kappa shape index (κ2) is 30.1. The third-order valence-electron chi connectivity index (χ3n) is 9.92. The Morgan fingerprint density at radius 2 is 0.500 bits per heavy atom. The average Bonchev–Trinajstić information content (AvgIpc) is 2.87. The molecule has 0 saturated heterocycles. The van der Waals surface area contributed by atoms with Crippen LogP contribution in [0, 0.1) is 17.8 Å². The first-order chi connectivity index (χ1) is 21.5. The molecule has 0 aliphatic heterocycles. The molecule has 0 rings (SSSR count).